The number of hydrogen-bond donors (Lipinski definition) is 2. The molecule has 2 aliphatic rings. The first kappa shape index (κ1) is 24.1. The normalized spacial score (nSPS) is 27.2. The van der Waals surface area contributed by atoms with Gasteiger partial charge in [0.25, 0.3) is 0 Å². The second-order valence-corrected chi connectivity index (χ2v) is 9.10. The third kappa shape index (κ3) is 6.65. The van der Waals surface area contributed by atoms with Crippen LogP contribution in [0.25, 0.3) is 0 Å². The van der Waals surface area contributed by atoms with E-state index in [1.54, 1.807) is 0 Å². The van der Waals surface area contributed by atoms with Crippen molar-refractivity contribution in [2.45, 2.75) is 103 Å². The van der Waals surface area contributed by atoms with E-state index in [9.17, 15) is 19.8 Å². The summed E-state index contributed by atoms with van der Waals surface area (Å²) in [6, 6.07) is 0. The highest BCUT2D eigenvalue weighted by Gasteiger charge is 2.42. The number of carbonyl (C=O) groups is 2. The molecule has 2 aliphatic carbocycles. The Kier molecular flexibility index (Phi) is 9.84. The van der Waals surface area contributed by atoms with Crippen LogP contribution in [-0.2, 0) is 14.3 Å². The molecular weight excluding hydrogens is 368 g/mol. The first-order valence-corrected chi connectivity index (χ1v) is 11.6. The lowest BCUT2D eigenvalue weighted by Crippen LogP contribution is -2.41. The predicted molar refractivity (Wildman–Crippen MR) is 113 cm³/mol. The van der Waals surface area contributed by atoms with E-state index >= 15 is 0 Å². The van der Waals surface area contributed by atoms with E-state index in [1.165, 1.54) is 13.5 Å². The molecule has 2 N–H and O–H groups in total. The lowest BCUT2D eigenvalue weighted by molar-refractivity contribution is -0.140. The molecule has 2 fully saturated rings. The minimum atomic E-state index is -0.603. The van der Waals surface area contributed by atoms with Gasteiger partial charge in [0.15, 0.2) is 0 Å². The van der Waals surface area contributed by atoms with Crippen LogP contribution in [0.15, 0.2) is 12.2 Å². The van der Waals surface area contributed by atoms with Crippen LogP contribution in [0.3, 0.4) is 0 Å². The van der Waals surface area contributed by atoms with E-state index in [4.69, 9.17) is 0 Å². The summed E-state index contributed by atoms with van der Waals surface area (Å²) in [5, 5.41) is 21.0. The molecule has 0 spiro atoms. The lowest BCUT2D eigenvalue weighted by atomic mass is 9.62. The van der Waals surface area contributed by atoms with Crippen LogP contribution in [-0.4, -0.2) is 41.3 Å². The first-order valence-electron chi connectivity index (χ1n) is 11.6. The highest BCUT2D eigenvalue weighted by molar-refractivity contribution is 5.84. The molecule has 0 aliphatic heterocycles. The number of carbonyl (C=O) groups excluding carboxylic acids is 2. The molecule has 0 saturated heterocycles. The Labute approximate surface area is 175 Å². The van der Waals surface area contributed by atoms with Crippen molar-refractivity contribution in [2.24, 2.45) is 17.3 Å². The third-order valence-electron chi connectivity index (χ3n) is 7.13. The molecule has 4 atom stereocenters. The van der Waals surface area contributed by atoms with Gasteiger partial charge in [0.05, 0.1) is 19.3 Å². The molecule has 5 heteroatoms. The fourth-order valence-corrected chi connectivity index (χ4v) is 5.17. The van der Waals surface area contributed by atoms with Gasteiger partial charge in [0, 0.05) is 24.7 Å². The molecule has 0 heterocycles. The van der Waals surface area contributed by atoms with Crippen molar-refractivity contribution in [2.75, 3.05) is 7.11 Å². The molecule has 0 aromatic heterocycles. The summed E-state index contributed by atoms with van der Waals surface area (Å²) in [6.07, 6.45) is 14.4. The highest BCUT2D eigenvalue weighted by atomic mass is 16.5. The quantitative estimate of drug-likeness (QED) is 0.269. The molecule has 2 rings (SSSR count). The highest BCUT2D eigenvalue weighted by Crippen LogP contribution is 2.48. The maximum Gasteiger partial charge on any atom is 0.305 e. The Bertz CT molecular complexity index is 551. The SMILES string of the molecule is CCCC1([C@@H](O)C/C=C/[C@H]2[C@H](O)CC(=O)[C@@H]2CCCCCCC(=O)OC)CCC1. The van der Waals surface area contributed by atoms with Gasteiger partial charge in [-0.3, -0.25) is 9.59 Å². The van der Waals surface area contributed by atoms with Crippen LogP contribution in [0, 0.1) is 17.3 Å². The number of ether oxygens (including phenoxy) is 1. The van der Waals surface area contributed by atoms with Crippen LogP contribution in [0.4, 0.5) is 0 Å². The average Bonchev–Trinajstić information content (AvgIpc) is 2.93. The fourth-order valence-electron chi connectivity index (χ4n) is 5.17. The molecule has 0 amide bonds. The summed E-state index contributed by atoms with van der Waals surface area (Å²) < 4.78 is 4.64. The van der Waals surface area contributed by atoms with Crippen molar-refractivity contribution >= 4 is 11.8 Å². The largest absolute Gasteiger partial charge is 0.469 e. The van der Waals surface area contributed by atoms with E-state index < -0.39 is 6.10 Å². The molecule has 2 saturated carbocycles. The van der Waals surface area contributed by atoms with Gasteiger partial charge in [-0.05, 0) is 43.9 Å². The van der Waals surface area contributed by atoms with Crippen molar-refractivity contribution in [1.82, 2.24) is 0 Å². The number of hydrogen-bond acceptors (Lipinski definition) is 5. The number of rotatable bonds is 13. The standard InChI is InChI=1S/C24H40O5/c1-3-14-24(15-9-16-24)22(27)12-8-11-19-18(20(25)17-21(19)26)10-6-4-5-7-13-23(28)29-2/h8,11,18-19,21-22,26-27H,3-7,9-10,12-17H2,1-2H3/b11-8+/t18-,19-,21-,22+/m1/s1. The zero-order valence-corrected chi connectivity index (χ0v) is 18.3. The molecule has 0 bridgehead atoms. The minimum Gasteiger partial charge on any atom is -0.469 e. The van der Waals surface area contributed by atoms with Gasteiger partial charge in [0.1, 0.15) is 5.78 Å². The zero-order chi connectivity index (χ0) is 21.3. The molecule has 0 unspecified atom stereocenters. The zero-order valence-electron chi connectivity index (χ0n) is 18.3. The lowest BCUT2D eigenvalue weighted by Gasteiger charge is -2.45. The van der Waals surface area contributed by atoms with E-state index in [2.05, 4.69) is 11.7 Å². The topological polar surface area (TPSA) is 83.8 Å². The molecule has 29 heavy (non-hydrogen) atoms. The van der Waals surface area contributed by atoms with E-state index in [1.807, 2.05) is 12.2 Å². The summed E-state index contributed by atoms with van der Waals surface area (Å²) in [5.41, 5.74) is 0.0901. The summed E-state index contributed by atoms with van der Waals surface area (Å²) in [6.45, 7) is 2.17. The van der Waals surface area contributed by atoms with Crippen molar-refractivity contribution < 1.29 is 24.5 Å². The maximum absolute atomic E-state index is 12.3. The summed E-state index contributed by atoms with van der Waals surface area (Å²) in [4.78, 5) is 23.5. The van der Waals surface area contributed by atoms with Gasteiger partial charge in [0.2, 0.25) is 0 Å². The monoisotopic (exact) mass is 408 g/mol. The number of esters is 1. The molecule has 0 aromatic rings. The van der Waals surface area contributed by atoms with Gasteiger partial charge in [-0.25, -0.2) is 0 Å². The second kappa shape index (κ2) is 11.8. The number of aliphatic hydroxyl groups excluding tert-OH is 2. The van der Waals surface area contributed by atoms with Crippen LogP contribution < -0.4 is 0 Å². The van der Waals surface area contributed by atoms with Crippen LogP contribution in [0.5, 0.6) is 0 Å². The third-order valence-corrected chi connectivity index (χ3v) is 7.13. The summed E-state index contributed by atoms with van der Waals surface area (Å²) in [7, 11) is 1.40. The molecule has 0 radical (unpaired) electrons. The Morgan fingerprint density at radius 2 is 2.00 bits per heavy atom. The Hall–Kier alpha value is -1.20. The molecule has 0 aromatic carbocycles. The average molecular weight is 409 g/mol. The Morgan fingerprint density at radius 3 is 2.62 bits per heavy atom. The van der Waals surface area contributed by atoms with E-state index in [0.717, 1.165) is 57.8 Å². The van der Waals surface area contributed by atoms with Crippen molar-refractivity contribution in [3.8, 4) is 0 Å². The minimum absolute atomic E-state index is 0.0901. The van der Waals surface area contributed by atoms with E-state index in [-0.39, 0.29) is 41.5 Å². The fraction of sp³-hybridized carbons (Fsp3) is 0.833. The first-order chi connectivity index (χ1) is 13.9. The molecule has 5 nitrogen and oxygen atoms in total. The number of Topliss-reactive ketones (excluding diaryl/α,β-unsaturated/α-hetero) is 1. The van der Waals surface area contributed by atoms with Gasteiger partial charge in [-0.1, -0.05) is 51.2 Å². The summed E-state index contributed by atoms with van der Waals surface area (Å²) >= 11 is 0. The van der Waals surface area contributed by atoms with Crippen molar-refractivity contribution in [3.63, 3.8) is 0 Å². The Morgan fingerprint density at radius 1 is 1.28 bits per heavy atom. The van der Waals surface area contributed by atoms with Crippen molar-refractivity contribution in [3.05, 3.63) is 12.2 Å². The predicted octanol–water partition coefficient (Wildman–Crippen LogP) is 4.34. The van der Waals surface area contributed by atoms with Gasteiger partial charge >= 0.3 is 5.97 Å². The maximum atomic E-state index is 12.3. The number of methoxy groups -OCH3 is 1. The molecular formula is C24H40O5. The van der Waals surface area contributed by atoms with E-state index in [0.29, 0.717) is 12.8 Å². The number of aliphatic hydroxyl groups is 2. The van der Waals surface area contributed by atoms with Gasteiger partial charge in [-0.15, -0.1) is 0 Å². The number of unbranched alkanes of at least 4 members (excludes halogenated alkanes) is 3. The van der Waals surface area contributed by atoms with Gasteiger partial charge < -0.3 is 14.9 Å². The van der Waals surface area contributed by atoms with Gasteiger partial charge in [-0.2, -0.15) is 0 Å². The van der Waals surface area contributed by atoms with Crippen LogP contribution >= 0.6 is 0 Å². The second-order valence-electron chi connectivity index (χ2n) is 9.10. The van der Waals surface area contributed by atoms with Crippen molar-refractivity contribution in [1.29, 1.82) is 0 Å². The van der Waals surface area contributed by atoms with Crippen LogP contribution in [0.1, 0.15) is 90.4 Å². The smallest absolute Gasteiger partial charge is 0.305 e. The van der Waals surface area contributed by atoms with Crippen LogP contribution in [0.2, 0.25) is 0 Å². The Balaban J connectivity index is 1.77. The number of ketones is 1. The summed E-state index contributed by atoms with van der Waals surface area (Å²) in [5.74, 6) is -0.265. The molecule has 166 valence electrons.